The van der Waals surface area contributed by atoms with E-state index >= 15 is 0 Å². The van der Waals surface area contributed by atoms with Crippen molar-refractivity contribution in [1.29, 1.82) is 0 Å². The second kappa shape index (κ2) is 14.1. The van der Waals surface area contributed by atoms with E-state index in [9.17, 15) is 0 Å². The molecule has 2 heterocycles. The van der Waals surface area contributed by atoms with E-state index in [2.05, 4.69) is 230 Å². The topological polar surface area (TPSA) is 32.8 Å². The van der Waals surface area contributed by atoms with Gasteiger partial charge in [-0.05, 0) is 142 Å². The summed E-state index contributed by atoms with van der Waals surface area (Å²) in [5, 5.41) is 13.6. The minimum atomic E-state index is 0.767. The van der Waals surface area contributed by atoms with E-state index in [1.807, 2.05) is 0 Å². The lowest BCUT2D eigenvalue weighted by Crippen LogP contribution is -2.11. The number of fused-ring (bicyclic) bond motifs is 11. The molecular formula is C60H40N2O2. The van der Waals surface area contributed by atoms with Crippen LogP contribution >= 0.6 is 0 Å². The summed E-state index contributed by atoms with van der Waals surface area (Å²) in [6.45, 7) is 4.36. The van der Waals surface area contributed by atoms with Gasteiger partial charge in [0.2, 0.25) is 0 Å². The number of hydrogen-bond acceptors (Lipinski definition) is 4. The highest BCUT2D eigenvalue weighted by molar-refractivity contribution is 6.21. The summed E-state index contributed by atoms with van der Waals surface area (Å²) >= 11 is 0. The minimum Gasteiger partial charge on any atom is -0.452 e. The number of furan rings is 2. The van der Waals surface area contributed by atoms with Crippen molar-refractivity contribution in [3.8, 4) is 0 Å². The fourth-order valence-electron chi connectivity index (χ4n) is 10.1. The Bertz CT molecular complexity index is 3750. The Kier molecular flexibility index (Phi) is 8.00. The molecule has 0 aliphatic heterocycles. The van der Waals surface area contributed by atoms with Crippen molar-refractivity contribution in [3.05, 3.63) is 217 Å². The van der Waals surface area contributed by atoms with E-state index in [0.717, 1.165) is 99.5 Å². The van der Waals surface area contributed by atoms with E-state index in [-0.39, 0.29) is 0 Å². The fraction of sp³-hybridized carbons (Fsp3) is 0.0333. The average Bonchev–Trinajstić information content (AvgIpc) is 3.89. The first kappa shape index (κ1) is 36.3. The Balaban J connectivity index is 0.945. The summed E-state index contributed by atoms with van der Waals surface area (Å²) < 4.78 is 13.7. The van der Waals surface area contributed by atoms with Crippen LogP contribution in [-0.4, -0.2) is 0 Å². The van der Waals surface area contributed by atoms with Crippen molar-refractivity contribution in [2.45, 2.75) is 13.8 Å². The summed E-state index contributed by atoms with van der Waals surface area (Å²) in [5.41, 5.74) is 12.4. The second-order valence-electron chi connectivity index (χ2n) is 17.0. The summed E-state index contributed by atoms with van der Waals surface area (Å²) in [5.74, 6) is 0. The molecule has 0 fully saturated rings. The van der Waals surface area contributed by atoms with Crippen molar-refractivity contribution < 1.29 is 8.83 Å². The zero-order chi connectivity index (χ0) is 42.5. The van der Waals surface area contributed by atoms with Gasteiger partial charge in [0.15, 0.2) is 11.2 Å². The molecule has 0 atom stereocenters. The Morgan fingerprint density at radius 3 is 1.16 bits per heavy atom. The number of benzene rings is 11. The largest absolute Gasteiger partial charge is 0.452 e. The maximum atomic E-state index is 6.83. The molecule has 0 N–H and O–H groups in total. The normalized spacial score (nSPS) is 11.9. The molecule has 0 bridgehead atoms. The Hall–Kier alpha value is -8.34. The van der Waals surface area contributed by atoms with Crippen LogP contribution in [0, 0.1) is 13.8 Å². The van der Waals surface area contributed by atoms with Gasteiger partial charge < -0.3 is 18.6 Å². The molecule has 4 nitrogen and oxygen atoms in total. The van der Waals surface area contributed by atoms with E-state index in [4.69, 9.17) is 8.83 Å². The lowest BCUT2D eigenvalue weighted by atomic mass is 10.0. The first-order valence-corrected chi connectivity index (χ1v) is 21.9. The van der Waals surface area contributed by atoms with Crippen molar-refractivity contribution in [1.82, 2.24) is 0 Å². The zero-order valence-electron chi connectivity index (χ0n) is 35.3. The number of anilines is 6. The molecule has 0 saturated carbocycles. The van der Waals surface area contributed by atoms with Gasteiger partial charge in [-0.2, -0.15) is 0 Å². The van der Waals surface area contributed by atoms with Gasteiger partial charge in [-0.3, -0.25) is 0 Å². The maximum absolute atomic E-state index is 6.83. The monoisotopic (exact) mass is 820 g/mol. The smallest absolute Gasteiger partial charge is 0.178 e. The first-order valence-electron chi connectivity index (χ1n) is 21.9. The molecule has 0 aliphatic carbocycles. The number of hydrogen-bond donors (Lipinski definition) is 0. The van der Waals surface area contributed by atoms with Gasteiger partial charge >= 0.3 is 0 Å². The van der Waals surface area contributed by atoms with Gasteiger partial charge in [-0.15, -0.1) is 0 Å². The standard InChI is InChI=1S/C60H40N2O2/c1-37-13-3-9-21-53(37)61(55-23-11-17-39-15-5-7-19-47(39)55)45-27-25-41-33-51-49-29-30-50-52-34-42-26-28-46(32-44(42)36-58(52)64-60(50)59(49)63-57(51)35-43(41)31-45)62(54-22-10-4-14-38(54)2)56-24-12-18-40-16-6-8-20-48(40)56/h3-36H,1-2H3. The average molecular weight is 821 g/mol. The Morgan fingerprint density at radius 1 is 0.281 bits per heavy atom. The molecule has 0 unspecified atom stereocenters. The predicted molar refractivity (Wildman–Crippen MR) is 270 cm³/mol. The highest BCUT2D eigenvalue weighted by Crippen LogP contribution is 2.46. The summed E-state index contributed by atoms with van der Waals surface area (Å²) in [7, 11) is 0. The van der Waals surface area contributed by atoms with Gasteiger partial charge in [0.25, 0.3) is 0 Å². The Morgan fingerprint density at radius 2 is 0.688 bits per heavy atom. The van der Waals surface area contributed by atoms with Crippen LogP contribution in [0.3, 0.4) is 0 Å². The third-order valence-corrected chi connectivity index (χ3v) is 13.2. The van der Waals surface area contributed by atoms with Crippen LogP contribution in [0.15, 0.2) is 215 Å². The number of para-hydroxylation sites is 2. The molecule has 0 amide bonds. The number of aryl methyl sites for hydroxylation is 2. The third kappa shape index (κ3) is 5.62. The lowest BCUT2D eigenvalue weighted by Gasteiger charge is -2.28. The second-order valence-corrected chi connectivity index (χ2v) is 17.0. The summed E-state index contributed by atoms with van der Waals surface area (Å²) in [6, 6.07) is 74.3. The third-order valence-electron chi connectivity index (χ3n) is 13.2. The van der Waals surface area contributed by atoms with E-state index in [1.165, 1.54) is 32.7 Å². The minimum absolute atomic E-state index is 0.767. The molecule has 302 valence electrons. The van der Waals surface area contributed by atoms with Crippen molar-refractivity contribution in [2.75, 3.05) is 9.80 Å². The highest BCUT2D eigenvalue weighted by Gasteiger charge is 2.22. The molecule has 11 aromatic carbocycles. The molecule has 2 aromatic heterocycles. The Labute approximate surface area is 369 Å². The molecule has 13 rings (SSSR count). The molecule has 64 heavy (non-hydrogen) atoms. The maximum Gasteiger partial charge on any atom is 0.178 e. The van der Waals surface area contributed by atoms with Gasteiger partial charge in [0, 0.05) is 55.1 Å². The van der Waals surface area contributed by atoms with Crippen LogP contribution in [0.1, 0.15) is 11.1 Å². The van der Waals surface area contributed by atoms with Crippen LogP contribution in [0.25, 0.3) is 87.0 Å². The van der Waals surface area contributed by atoms with Crippen LogP contribution in [0.5, 0.6) is 0 Å². The van der Waals surface area contributed by atoms with Crippen LogP contribution in [-0.2, 0) is 0 Å². The molecular weight excluding hydrogens is 781 g/mol. The first-order chi connectivity index (χ1) is 31.5. The predicted octanol–water partition coefficient (Wildman–Crippen LogP) is 17.7. The molecule has 0 spiro atoms. The zero-order valence-corrected chi connectivity index (χ0v) is 35.3. The van der Waals surface area contributed by atoms with Crippen LogP contribution in [0.4, 0.5) is 34.1 Å². The molecule has 4 heteroatoms. The van der Waals surface area contributed by atoms with E-state index in [1.54, 1.807) is 0 Å². The summed E-state index contributed by atoms with van der Waals surface area (Å²) in [6.07, 6.45) is 0. The van der Waals surface area contributed by atoms with Crippen molar-refractivity contribution in [2.24, 2.45) is 0 Å². The fourth-order valence-corrected chi connectivity index (χ4v) is 10.1. The van der Waals surface area contributed by atoms with Crippen LogP contribution in [0.2, 0.25) is 0 Å². The van der Waals surface area contributed by atoms with Crippen molar-refractivity contribution in [3.63, 3.8) is 0 Å². The SMILES string of the molecule is Cc1ccccc1N(c1ccc2cc3c(cc2c1)oc1c3ccc2c3cc4ccc(N(c5ccccc5C)c5cccc6ccccc56)cc4cc3oc21)c1cccc2ccccc12. The number of rotatable bonds is 6. The van der Waals surface area contributed by atoms with Gasteiger partial charge in [-0.1, -0.05) is 121 Å². The molecule has 0 aliphatic rings. The quantitative estimate of drug-likeness (QED) is 0.167. The lowest BCUT2D eigenvalue weighted by molar-refractivity contribution is 0.634. The number of nitrogens with zero attached hydrogens (tertiary/aromatic N) is 2. The van der Waals surface area contributed by atoms with Crippen molar-refractivity contribution >= 4 is 121 Å². The molecule has 0 radical (unpaired) electrons. The van der Waals surface area contributed by atoms with Gasteiger partial charge in [-0.25, -0.2) is 0 Å². The summed E-state index contributed by atoms with van der Waals surface area (Å²) in [4.78, 5) is 4.77. The van der Waals surface area contributed by atoms with E-state index < -0.39 is 0 Å². The van der Waals surface area contributed by atoms with Gasteiger partial charge in [0.1, 0.15) is 11.2 Å². The van der Waals surface area contributed by atoms with E-state index in [0.29, 0.717) is 0 Å². The molecule has 0 saturated heterocycles. The highest BCUT2D eigenvalue weighted by atomic mass is 16.4. The van der Waals surface area contributed by atoms with Gasteiger partial charge in [0.05, 0.1) is 11.4 Å². The van der Waals surface area contributed by atoms with Crippen LogP contribution < -0.4 is 9.80 Å². The molecule has 13 aromatic rings.